The summed E-state index contributed by atoms with van der Waals surface area (Å²) >= 11 is 0. The zero-order valence-electron chi connectivity index (χ0n) is 36.3. The van der Waals surface area contributed by atoms with Crippen LogP contribution in [0.15, 0.2) is 152 Å². The maximum atomic E-state index is 2.64. The molecule has 7 aromatic carbocycles. The number of fused-ring (bicyclic) bond motifs is 3. The molecule has 0 bridgehead atoms. The Morgan fingerprint density at radius 1 is 0.559 bits per heavy atom. The van der Waals surface area contributed by atoms with E-state index in [-0.39, 0.29) is 16.2 Å². The molecule has 0 fully saturated rings. The van der Waals surface area contributed by atoms with E-state index in [0.717, 1.165) is 12.1 Å². The molecule has 0 amide bonds. The molecule has 2 nitrogen and oxygen atoms in total. The Morgan fingerprint density at radius 3 is 1.58 bits per heavy atom. The van der Waals surface area contributed by atoms with E-state index in [4.69, 9.17) is 0 Å². The number of benzene rings is 7. The fourth-order valence-electron chi connectivity index (χ4n) is 9.46. The van der Waals surface area contributed by atoms with E-state index < -0.39 is 0 Å². The largest absolute Gasteiger partial charge is 0.345 e. The van der Waals surface area contributed by atoms with Crippen LogP contribution in [0.4, 0.5) is 28.4 Å². The third-order valence-electron chi connectivity index (χ3n) is 13.2. The molecular formula is C56H56BN2. The first-order valence-corrected chi connectivity index (χ1v) is 21.4. The Labute approximate surface area is 353 Å². The highest BCUT2D eigenvalue weighted by Gasteiger charge is 2.40. The molecule has 1 radical (unpaired) electrons. The molecule has 0 aromatic heterocycles. The van der Waals surface area contributed by atoms with Gasteiger partial charge >= 0.3 is 0 Å². The molecular weight excluding hydrogens is 711 g/mol. The van der Waals surface area contributed by atoms with Gasteiger partial charge in [0.2, 0.25) is 0 Å². The summed E-state index contributed by atoms with van der Waals surface area (Å²) < 4.78 is 0. The van der Waals surface area contributed by atoms with Gasteiger partial charge < -0.3 is 9.80 Å². The highest BCUT2D eigenvalue weighted by Crippen LogP contribution is 2.52. The highest BCUT2D eigenvalue weighted by molar-refractivity contribution is 6.73. The molecule has 1 aliphatic carbocycles. The van der Waals surface area contributed by atoms with Crippen LogP contribution in [-0.2, 0) is 16.2 Å². The molecule has 1 heterocycles. The second-order valence-corrected chi connectivity index (χ2v) is 19.3. The smallest absolute Gasteiger partial charge is 0.199 e. The molecule has 59 heavy (non-hydrogen) atoms. The Hall–Kier alpha value is -5.80. The van der Waals surface area contributed by atoms with E-state index in [2.05, 4.69) is 231 Å². The summed E-state index contributed by atoms with van der Waals surface area (Å²) in [6.07, 6.45) is 2.33. The topological polar surface area (TPSA) is 6.48 Å². The lowest BCUT2D eigenvalue weighted by atomic mass is 9.55. The predicted octanol–water partition coefficient (Wildman–Crippen LogP) is 13.8. The summed E-state index contributed by atoms with van der Waals surface area (Å²) in [4.78, 5) is 5.02. The number of anilines is 5. The standard InChI is InChI=1S/C56H56BN2/c1-37-31-50(58(9)43-27-25-39(26-28-43)38-19-13-10-14-20-38)52-51(32-37)59(49-36-47-46(35-48(49)57-52)55(5,6)29-30-56(47,7)8)53-44(40-21-15-11-16-22-40)33-42(54(2,3)4)34-45(53)41-23-17-12-18-24-41/h10-28,31-36H,29-30H2,1-9H3. The van der Waals surface area contributed by atoms with Gasteiger partial charge in [0.25, 0.3) is 0 Å². The number of aryl methyl sites for hydroxylation is 1. The monoisotopic (exact) mass is 767 g/mol. The van der Waals surface area contributed by atoms with E-state index in [1.807, 2.05) is 0 Å². The molecule has 0 atom stereocenters. The Bertz CT molecular complexity index is 2610. The second-order valence-electron chi connectivity index (χ2n) is 19.3. The molecule has 0 saturated carbocycles. The van der Waals surface area contributed by atoms with E-state index in [0.29, 0.717) is 0 Å². The molecule has 0 N–H and O–H groups in total. The summed E-state index contributed by atoms with van der Waals surface area (Å²) in [6.45, 7) is 19.0. The number of hydrogen-bond acceptors (Lipinski definition) is 2. The molecule has 293 valence electrons. The quantitative estimate of drug-likeness (QED) is 0.156. The van der Waals surface area contributed by atoms with Crippen molar-refractivity contribution in [2.45, 2.75) is 84.5 Å². The van der Waals surface area contributed by atoms with Gasteiger partial charge in [-0.1, -0.05) is 163 Å². The summed E-state index contributed by atoms with van der Waals surface area (Å²) in [5, 5.41) is 0. The maximum absolute atomic E-state index is 2.64. The zero-order valence-corrected chi connectivity index (χ0v) is 36.3. The third kappa shape index (κ3) is 6.99. The van der Waals surface area contributed by atoms with Crippen LogP contribution in [0, 0.1) is 6.92 Å². The number of rotatable bonds is 6. The first-order valence-electron chi connectivity index (χ1n) is 21.4. The SMILES string of the molecule is Cc1cc(N(C)c2ccc(-c3ccccc3)cc2)c2c(c1)N(c1c(-c3ccccc3)cc(C(C)(C)C)cc1-c1ccccc1)c1cc3c(cc1[B]2)C(C)(C)CCC3(C)C. The maximum Gasteiger partial charge on any atom is 0.199 e. The zero-order chi connectivity index (χ0) is 41.3. The molecule has 7 aromatic rings. The van der Waals surface area contributed by atoms with Gasteiger partial charge in [0.05, 0.1) is 5.69 Å². The number of hydrogen-bond donors (Lipinski definition) is 0. The average molecular weight is 768 g/mol. The lowest BCUT2D eigenvalue weighted by Crippen LogP contribution is -2.44. The average Bonchev–Trinajstić information content (AvgIpc) is 3.24. The highest BCUT2D eigenvalue weighted by atomic mass is 15.2. The van der Waals surface area contributed by atoms with Gasteiger partial charge in [-0.2, -0.15) is 0 Å². The molecule has 0 saturated heterocycles. The van der Waals surface area contributed by atoms with Crippen molar-refractivity contribution >= 4 is 46.6 Å². The first kappa shape index (κ1) is 38.7. The van der Waals surface area contributed by atoms with E-state index in [9.17, 15) is 0 Å². The van der Waals surface area contributed by atoms with Gasteiger partial charge in [0.1, 0.15) is 0 Å². The van der Waals surface area contributed by atoms with E-state index in [1.165, 1.54) is 95.7 Å². The van der Waals surface area contributed by atoms with Gasteiger partial charge in [-0.15, -0.1) is 0 Å². The molecule has 3 heteroatoms. The van der Waals surface area contributed by atoms with Crippen molar-refractivity contribution in [2.75, 3.05) is 16.8 Å². The molecule has 1 aliphatic heterocycles. The summed E-state index contributed by atoms with van der Waals surface area (Å²) in [6, 6.07) is 56.6. The van der Waals surface area contributed by atoms with Gasteiger partial charge in [0.15, 0.2) is 7.28 Å². The minimum Gasteiger partial charge on any atom is -0.345 e. The van der Waals surface area contributed by atoms with Crippen LogP contribution in [0.25, 0.3) is 33.4 Å². The lowest BCUT2D eigenvalue weighted by Gasteiger charge is -2.45. The van der Waals surface area contributed by atoms with Crippen molar-refractivity contribution in [3.8, 4) is 33.4 Å². The normalized spacial score (nSPS) is 15.1. The summed E-state index contributed by atoms with van der Waals surface area (Å²) in [5.41, 5.74) is 21.4. The fraction of sp³-hybridized carbons (Fsp3) is 0.250. The molecule has 0 unspecified atom stereocenters. The lowest BCUT2D eigenvalue weighted by molar-refractivity contribution is 0.332. The van der Waals surface area contributed by atoms with E-state index >= 15 is 0 Å². The minimum atomic E-state index is -0.0612. The second kappa shape index (κ2) is 14.5. The van der Waals surface area contributed by atoms with Gasteiger partial charge in [0, 0.05) is 40.9 Å². The van der Waals surface area contributed by atoms with Crippen molar-refractivity contribution in [1.82, 2.24) is 0 Å². The molecule has 2 aliphatic rings. The van der Waals surface area contributed by atoms with Crippen LogP contribution in [0.2, 0.25) is 0 Å². The van der Waals surface area contributed by atoms with Gasteiger partial charge in [-0.25, -0.2) is 0 Å². The Morgan fingerprint density at radius 2 is 1.05 bits per heavy atom. The molecule has 0 spiro atoms. The van der Waals surface area contributed by atoms with Crippen molar-refractivity contribution in [2.24, 2.45) is 0 Å². The molecule has 9 rings (SSSR count). The van der Waals surface area contributed by atoms with Crippen LogP contribution in [0.3, 0.4) is 0 Å². The minimum absolute atomic E-state index is 0.0519. The van der Waals surface area contributed by atoms with Gasteiger partial charge in [-0.05, 0) is 128 Å². The van der Waals surface area contributed by atoms with E-state index in [1.54, 1.807) is 0 Å². The van der Waals surface area contributed by atoms with Crippen LogP contribution in [-0.4, -0.2) is 14.3 Å². The summed E-state index contributed by atoms with van der Waals surface area (Å²) in [5.74, 6) is 0. The van der Waals surface area contributed by atoms with Crippen molar-refractivity contribution in [3.05, 3.63) is 174 Å². The Kier molecular flexibility index (Phi) is 9.50. The van der Waals surface area contributed by atoms with Crippen molar-refractivity contribution in [1.29, 1.82) is 0 Å². The van der Waals surface area contributed by atoms with Crippen molar-refractivity contribution in [3.63, 3.8) is 0 Å². The van der Waals surface area contributed by atoms with Crippen molar-refractivity contribution < 1.29 is 0 Å². The van der Waals surface area contributed by atoms with Crippen LogP contribution < -0.4 is 20.7 Å². The number of nitrogens with zero attached hydrogens (tertiary/aromatic N) is 2. The summed E-state index contributed by atoms with van der Waals surface area (Å²) in [7, 11) is 4.71. The predicted molar refractivity (Wildman–Crippen MR) is 256 cm³/mol. The first-order chi connectivity index (χ1) is 28.2. The van der Waals surface area contributed by atoms with Crippen LogP contribution >= 0.6 is 0 Å². The Balaban J connectivity index is 1.35. The third-order valence-corrected chi connectivity index (χ3v) is 13.2. The fourth-order valence-corrected chi connectivity index (χ4v) is 9.46. The van der Waals surface area contributed by atoms with Crippen LogP contribution in [0.5, 0.6) is 0 Å². The van der Waals surface area contributed by atoms with Gasteiger partial charge in [-0.3, -0.25) is 0 Å². The van der Waals surface area contributed by atoms with Crippen LogP contribution in [0.1, 0.15) is 83.6 Å².